The topological polar surface area (TPSA) is 95.6 Å². The maximum atomic E-state index is 12.8. The fourth-order valence-electron chi connectivity index (χ4n) is 3.63. The number of benzene rings is 3. The Bertz CT molecular complexity index is 1340. The highest BCUT2D eigenvalue weighted by atomic mass is 35.5. The number of nitrogens with one attached hydrogen (secondary N) is 2. The molecular weight excluding hydrogens is 462 g/mol. The van der Waals surface area contributed by atoms with E-state index in [9.17, 15) is 18.0 Å². The summed E-state index contributed by atoms with van der Waals surface area (Å²) < 4.78 is 26.4. The SMILES string of the molecule is CC(C)N1C(=O)c2ccc(C(=O)Nc3ccc(NCc4ccccc4)c(Cl)c3)cc2S1(=O)=O. The average molecular weight is 484 g/mol. The minimum Gasteiger partial charge on any atom is -0.380 e. The van der Waals surface area contributed by atoms with Crippen LogP contribution in [0, 0.1) is 0 Å². The van der Waals surface area contributed by atoms with Gasteiger partial charge in [0.05, 0.1) is 16.3 Å². The van der Waals surface area contributed by atoms with Gasteiger partial charge < -0.3 is 10.6 Å². The van der Waals surface area contributed by atoms with Gasteiger partial charge in [-0.25, -0.2) is 12.7 Å². The molecule has 1 heterocycles. The highest BCUT2D eigenvalue weighted by Crippen LogP contribution is 2.33. The zero-order valence-corrected chi connectivity index (χ0v) is 19.6. The Kier molecular flexibility index (Phi) is 6.14. The van der Waals surface area contributed by atoms with E-state index in [0.717, 1.165) is 15.6 Å². The zero-order valence-electron chi connectivity index (χ0n) is 18.0. The first-order valence-corrected chi connectivity index (χ1v) is 12.1. The quantitative estimate of drug-likeness (QED) is 0.527. The van der Waals surface area contributed by atoms with Gasteiger partial charge in [0.25, 0.3) is 21.8 Å². The number of carbonyl (C=O) groups excluding carboxylic acids is 2. The monoisotopic (exact) mass is 483 g/mol. The number of amides is 2. The molecule has 9 heteroatoms. The molecule has 3 aromatic rings. The van der Waals surface area contributed by atoms with Crippen molar-refractivity contribution >= 4 is 44.8 Å². The molecular formula is C24H22ClN3O4S. The van der Waals surface area contributed by atoms with Gasteiger partial charge in [0.15, 0.2) is 0 Å². The predicted octanol–water partition coefficient (Wildman–Crippen LogP) is 4.76. The van der Waals surface area contributed by atoms with E-state index in [4.69, 9.17) is 11.6 Å². The van der Waals surface area contributed by atoms with Crippen LogP contribution >= 0.6 is 11.6 Å². The van der Waals surface area contributed by atoms with Crippen molar-refractivity contribution in [2.75, 3.05) is 10.6 Å². The van der Waals surface area contributed by atoms with Gasteiger partial charge in [0.1, 0.15) is 4.90 Å². The molecule has 0 saturated heterocycles. The van der Waals surface area contributed by atoms with Crippen molar-refractivity contribution < 1.29 is 18.0 Å². The molecule has 0 fully saturated rings. The molecule has 0 aromatic heterocycles. The second kappa shape index (κ2) is 8.88. The van der Waals surface area contributed by atoms with Gasteiger partial charge >= 0.3 is 0 Å². The highest BCUT2D eigenvalue weighted by molar-refractivity contribution is 7.90. The van der Waals surface area contributed by atoms with Gasteiger partial charge in [-0.15, -0.1) is 0 Å². The van der Waals surface area contributed by atoms with Crippen molar-refractivity contribution in [3.8, 4) is 0 Å². The Balaban J connectivity index is 1.50. The molecule has 4 rings (SSSR count). The fourth-order valence-corrected chi connectivity index (χ4v) is 5.67. The number of halogens is 1. The maximum Gasteiger partial charge on any atom is 0.269 e. The third-order valence-electron chi connectivity index (χ3n) is 5.23. The summed E-state index contributed by atoms with van der Waals surface area (Å²) >= 11 is 6.36. The summed E-state index contributed by atoms with van der Waals surface area (Å²) in [7, 11) is -3.99. The van der Waals surface area contributed by atoms with Gasteiger partial charge in [0, 0.05) is 23.8 Å². The lowest BCUT2D eigenvalue weighted by molar-refractivity contribution is 0.0846. The van der Waals surface area contributed by atoms with Gasteiger partial charge in [-0.1, -0.05) is 41.9 Å². The molecule has 1 aliphatic heterocycles. The van der Waals surface area contributed by atoms with E-state index in [1.54, 1.807) is 32.0 Å². The van der Waals surface area contributed by atoms with Crippen LogP contribution in [0.25, 0.3) is 0 Å². The minimum atomic E-state index is -3.99. The van der Waals surface area contributed by atoms with Crippen LogP contribution in [0.15, 0.2) is 71.6 Å². The zero-order chi connectivity index (χ0) is 23.8. The normalized spacial score (nSPS) is 14.3. The number of carbonyl (C=O) groups is 2. The molecule has 0 bridgehead atoms. The van der Waals surface area contributed by atoms with Crippen molar-refractivity contribution in [3.63, 3.8) is 0 Å². The van der Waals surface area contributed by atoms with Crippen molar-refractivity contribution in [1.29, 1.82) is 0 Å². The second-order valence-corrected chi connectivity index (χ2v) is 10.1. The largest absolute Gasteiger partial charge is 0.380 e. The Hall–Kier alpha value is -3.36. The second-order valence-electron chi connectivity index (χ2n) is 7.90. The predicted molar refractivity (Wildman–Crippen MR) is 128 cm³/mol. The molecule has 170 valence electrons. The molecule has 33 heavy (non-hydrogen) atoms. The number of hydrogen-bond donors (Lipinski definition) is 2. The molecule has 0 unspecified atom stereocenters. The number of nitrogens with zero attached hydrogens (tertiary/aromatic N) is 1. The van der Waals surface area contributed by atoms with Crippen LogP contribution in [0.5, 0.6) is 0 Å². The standard InChI is InChI=1S/C24H22ClN3O4S/c1-15(2)28-24(30)19-10-8-17(12-22(19)33(28,31)32)23(29)27-18-9-11-21(20(25)13-18)26-14-16-6-4-3-5-7-16/h3-13,15,26H,14H2,1-2H3,(H,27,29). The Morgan fingerprint density at radius 2 is 1.76 bits per heavy atom. The lowest BCUT2D eigenvalue weighted by Gasteiger charge is -2.18. The summed E-state index contributed by atoms with van der Waals surface area (Å²) in [5.41, 5.74) is 2.47. The molecule has 3 aromatic carbocycles. The number of hydrogen-bond acceptors (Lipinski definition) is 5. The van der Waals surface area contributed by atoms with Gasteiger partial charge in [-0.05, 0) is 55.8 Å². The average Bonchev–Trinajstić information content (AvgIpc) is 2.98. The highest BCUT2D eigenvalue weighted by Gasteiger charge is 2.42. The van der Waals surface area contributed by atoms with Crippen molar-refractivity contribution in [1.82, 2.24) is 4.31 Å². The van der Waals surface area contributed by atoms with Crippen molar-refractivity contribution in [2.24, 2.45) is 0 Å². The summed E-state index contributed by atoms with van der Waals surface area (Å²) in [6.07, 6.45) is 0. The maximum absolute atomic E-state index is 12.8. The summed E-state index contributed by atoms with van der Waals surface area (Å²) in [6, 6.07) is 18.4. The first-order valence-electron chi connectivity index (χ1n) is 10.3. The summed E-state index contributed by atoms with van der Waals surface area (Å²) in [6.45, 7) is 3.84. The van der Waals surface area contributed by atoms with E-state index in [1.165, 1.54) is 18.2 Å². The molecule has 2 N–H and O–H groups in total. The molecule has 0 aliphatic carbocycles. The number of fused-ring (bicyclic) bond motifs is 1. The van der Waals surface area contributed by atoms with E-state index in [0.29, 0.717) is 17.3 Å². The Morgan fingerprint density at radius 3 is 2.42 bits per heavy atom. The molecule has 0 radical (unpaired) electrons. The van der Waals surface area contributed by atoms with E-state index < -0.39 is 27.9 Å². The number of sulfonamides is 1. The van der Waals surface area contributed by atoms with Crippen LogP contribution in [0.2, 0.25) is 5.02 Å². The van der Waals surface area contributed by atoms with Crippen LogP contribution in [0.1, 0.15) is 40.1 Å². The third kappa shape index (κ3) is 4.44. The Morgan fingerprint density at radius 1 is 1.03 bits per heavy atom. The van der Waals surface area contributed by atoms with E-state index in [-0.39, 0.29) is 16.0 Å². The lowest BCUT2D eigenvalue weighted by Crippen LogP contribution is -2.36. The smallest absolute Gasteiger partial charge is 0.269 e. The van der Waals surface area contributed by atoms with E-state index >= 15 is 0 Å². The first-order chi connectivity index (χ1) is 15.7. The van der Waals surface area contributed by atoms with Crippen LogP contribution in [-0.4, -0.2) is 30.6 Å². The Labute approximate surface area is 197 Å². The van der Waals surface area contributed by atoms with E-state index in [1.807, 2.05) is 30.3 Å². The van der Waals surface area contributed by atoms with Crippen LogP contribution < -0.4 is 10.6 Å². The van der Waals surface area contributed by atoms with E-state index in [2.05, 4.69) is 10.6 Å². The first kappa shape index (κ1) is 22.8. The summed E-state index contributed by atoms with van der Waals surface area (Å²) in [5, 5.41) is 6.40. The van der Waals surface area contributed by atoms with Crippen LogP contribution in [0.3, 0.4) is 0 Å². The molecule has 0 atom stereocenters. The molecule has 0 spiro atoms. The molecule has 1 aliphatic rings. The lowest BCUT2D eigenvalue weighted by atomic mass is 10.1. The van der Waals surface area contributed by atoms with Crippen molar-refractivity contribution in [2.45, 2.75) is 31.3 Å². The van der Waals surface area contributed by atoms with Gasteiger partial charge in [-0.3, -0.25) is 9.59 Å². The molecule has 7 nitrogen and oxygen atoms in total. The van der Waals surface area contributed by atoms with Gasteiger partial charge in [-0.2, -0.15) is 0 Å². The minimum absolute atomic E-state index is 0.0668. The van der Waals surface area contributed by atoms with Crippen molar-refractivity contribution in [3.05, 3.63) is 88.4 Å². The van der Waals surface area contributed by atoms with Crippen LogP contribution in [0.4, 0.5) is 11.4 Å². The third-order valence-corrected chi connectivity index (χ3v) is 7.54. The fraction of sp³-hybridized carbons (Fsp3) is 0.167. The summed E-state index contributed by atoms with van der Waals surface area (Å²) in [4.78, 5) is 25.1. The van der Waals surface area contributed by atoms with Crippen LogP contribution in [-0.2, 0) is 16.6 Å². The molecule has 2 amide bonds. The number of rotatable bonds is 6. The summed E-state index contributed by atoms with van der Waals surface area (Å²) in [5.74, 6) is -1.10. The molecule has 0 saturated carbocycles. The number of anilines is 2. The van der Waals surface area contributed by atoms with Gasteiger partial charge in [0.2, 0.25) is 0 Å².